The van der Waals surface area contributed by atoms with E-state index in [0.29, 0.717) is 18.5 Å². The molecule has 0 fully saturated rings. The van der Waals surface area contributed by atoms with Crippen molar-refractivity contribution in [3.63, 3.8) is 0 Å². The summed E-state index contributed by atoms with van der Waals surface area (Å²) in [4.78, 5) is 11.6. The molecule has 1 rings (SSSR count). The van der Waals surface area contributed by atoms with Crippen LogP contribution in [0.4, 0.5) is 0 Å². The van der Waals surface area contributed by atoms with Crippen molar-refractivity contribution in [1.29, 1.82) is 0 Å². The van der Waals surface area contributed by atoms with Crippen LogP contribution in [0.25, 0.3) is 0 Å². The third-order valence-electron chi connectivity index (χ3n) is 2.25. The topological polar surface area (TPSA) is 84.9 Å². The maximum absolute atomic E-state index is 11.6. The molecule has 17 heavy (non-hydrogen) atoms. The lowest BCUT2D eigenvalue weighted by molar-refractivity contribution is -0.135. The first-order valence-electron chi connectivity index (χ1n) is 5.42. The summed E-state index contributed by atoms with van der Waals surface area (Å²) in [6.07, 6.45) is 0.606. The van der Waals surface area contributed by atoms with Crippen molar-refractivity contribution in [2.75, 3.05) is 13.2 Å². The molecule has 0 spiro atoms. The number of hydrogen-bond acceptors (Lipinski definition) is 5. The van der Waals surface area contributed by atoms with Gasteiger partial charge in [0.15, 0.2) is 5.71 Å². The van der Waals surface area contributed by atoms with Gasteiger partial charge in [-0.2, -0.15) is 0 Å². The monoisotopic (exact) mass is 236 g/mol. The van der Waals surface area contributed by atoms with E-state index >= 15 is 0 Å². The molecule has 0 aliphatic carbocycles. The number of nitrogens with two attached hydrogens (primary N) is 1. The molecule has 0 saturated carbocycles. The highest BCUT2D eigenvalue weighted by molar-refractivity contribution is 6.43. The van der Waals surface area contributed by atoms with Crippen LogP contribution >= 0.6 is 0 Å². The van der Waals surface area contributed by atoms with E-state index in [4.69, 9.17) is 15.7 Å². The average Bonchev–Trinajstić information content (AvgIpc) is 2.33. The van der Waals surface area contributed by atoms with Crippen molar-refractivity contribution in [2.24, 2.45) is 10.9 Å². The molecular weight excluding hydrogens is 220 g/mol. The van der Waals surface area contributed by atoms with Crippen molar-refractivity contribution >= 4 is 11.7 Å². The normalized spacial score (nSPS) is 11.3. The zero-order valence-corrected chi connectivity index (χ0v) is 9.72. The quantitative estimate of drug-likeness (QED) is 0.345. The minimum atomic E-state index is -0.639. The fourth-order valence-electron chi connectivity index (χ4n) is 1.53. The van der Waals surface area contributed by atoms with Gasteiger partial charge in [-0.05, 0) is 25.5 Å². The van der Waals surface area contributed by atoms with E-state index in [2.05, 4.69) is 5.16 Å². The van der Waals surface area contributed by atoms with E-state index < -0.39 is 5.97 Å². The first-order chi connectivity index (χ1) is 8.24. The maximum atomic E-state index is 11.6. The Hall–Kier alpha value is -1.88. The summed E-state index contributed by atoms with van der Waals surface area (Å²) in [7, 11) is 0. The molecule has 1 aromatic carbocycles. The third kappa shape index (κ3) is 3.29. The Kier molecular flexibility index (Phi) is 5.16. The van der Waals surface area contributed by atoms with E-state index in [9.17, 15) is 4.79 Å². The Morgan fingerprint density at radius 3 is 2.76 bits per heavy atom. The molecule has 0 unspecified atom stereocenters. The summed E-state index contributed by atoms with van der Waals surface area (Å²) in [5.41, 5.74) is 6.81. The fourth-order valence-corrected chi connectivity index (χ4v) is 1.53. The molecule has 0 saturated heterocycles. The van der Waals surface area contributed by atoms with Gasteiger partial charge in [-0.15, -0.1) is 0 Å². The average molecular weight is 236 g/mol. The minimum absolute atomic E-state index is 0.0871. The molecule has 5 heteroatoms. The predicted molar refractivity (Wildman–Crippen MR) is 64.2 cm³/mol. The highest BCUT2D eigenvalue weighted by Gasteiger charge is 2.18. The van der Waals surface area contributed by atoms with Gasteiger partial charge in [0, 0.05) is 5.56 Å². The van der Waals surface area contributed by atoms with E-state index in [-0.39, 0.29) is 12.3 Å². The highest BCUT2D eigenvalue weighted by atomic mass is 16.5. The second kappa shape index (κ2) is 6.65. The van der Waals surface area contributed by atoms with Gasteiger partial charge < -0.3 is 15.7 Å². The van der Waals surface area contributed by atoms with E-state index in [1.807, 2.05) is 12.1 Å². The zero-order valence-electron chi connectivity index (χ0n) is 9.72. The predicted octanol–water partition coefficient (Wildman–Crippen LogP) is 0.929. The van der Waals surface area contributed by atoms with Crippen molar-refractivity contribution in [3.05, 3.63) is 35.4 Å². The fraction of sp³-hybridized carbons (Fsp3) is 0.333. The summed E-state index contributed by atoms with van der Waals surface area (Å²) in [5, 5.41) is 11.9. The van der Waals surface area contributed by atoms with Gasteiger partial charge in [0.05, 0.1) is 6.61 Å². The van der Waals surface area contributed by atoms with Crippen LogP contribution in [0.3, 0.4) is 0 Å². The number of esters is 1. The molecule has 0 aromatic heterocycles. The van der Waals surface area contributed by atoms with Crippen LogP contribution in [-0.4, -0.2) is 30.0 Å². The summed E-state index contributed by atoms with van der Waals surface area (Å²) >= 11 is 0. The summed E-state index contributed by atoms with van der Waals surface area (Å²) < 4.78 is 4.82. The second-order valence-corrected chi connectivity index (χ2v) is 3.36. The molecular formula is C12H16N2O3. The smallest absolute Gasteiger partial charge is 0.361 e. The molecule has 0 bridgehead atoms. The molecule has 1 aromatic rings. The molecule has 3 N–H and O–H groups in total. The molecule has 5 nitrogen and oxygen atoms in total. The first-order valence-corrected chi connectivity index (χ1v) is 5.42. The molecule has 0 atom stereocenters. The molecule has 0 aliphatic heterocycles. The van der Waals surface area contributed by atoms with Gasteiger partial charge in [-0.3, -0.25) is 0 Å². The van der Waals surface area contributed by atoms with Crippen LogP contribution in [0, 0.1) is 0 Å². The van der Waals surface area contributed by atoms with Crippen molar-refractivity contribution < 1.29 is 14.7 Å². The van der Waals surface area contributed by atoms with E-state index in [0.717, 1.165) is 5.56 Å². The Morgan fingerprint density at radius 2 is 2.18 bits per heavy atom. The van der Waals surface area contributed by atoms with E-state index in [1.165, 1.54) is 0 Å². The standard InChI is InChI=1S/C12H16N2O3/c1-2-17-12(15)11(14-16)10-6-4-3-5-9(10)7-8-13/h3-6,16H,2,7-8,13H2,1H3. The molecule has 0 heterocycles. The number of nitrogens with zero attached hydrogens (tertiary/aromatic N) is 1. The van der Waals surface area contributed by atoms with Crippen molar-refractivity contribution in [2.45, 2.75) is 13.3 Å². The first kappa shape index (κ1) is 13.2. The lowest BCUT2D eigenvalue weighted by Gasteiger charge is -2.09. The largest absolute Gasteiger partial charge is 0.461 e. The lowest BCUT2D eigenvalue weighted by Crippen LogP contribution is -2.21. The Balaban J connectivity index is 3.08. The molecule has 92 valence electrons. The lowest BCUT2D eigenvalue weighted by atomic mass is 10.0. The van der Waals surface area contributed by atoms with Crippen LogP contribution < -0.4 is 5.73 Å². The van der Waals surface area contributed by atoms with Crippen molar-refractivity contribution in [1.82, 2.24) is 0 Å². The number of oxime groups is 1. The third-order valence-corrected chi connectivity index (χ3v) is 2.25. The molecule has 0 amide bonds. The van der Waals surface area contributed by atoms with E-state index in [1.54, 1.807) is 19.1 Å². The number of rotatable bonds is 5. The SMILES string of the molecule is CCOC(=O)C(=NO)c1ccccc1CCN. The van der Waals surface area contributed by atoms with Crippen LogP contribution in [0.5, 0.6) is 0 Å². The van der Waals surface area contributed by atoms with Gasteiger partial charge in [0.2, 0.25) is 0 Å². The van der Waals surface area contributed by atoms with Gasteiger partial charge in [0.1, 0.15) is 0 Å². The number of carbonyl (C=O) groups excluding carboxylic acids is 1. The van der Waals surface area contributed by atoms with Crippen LogP contribution in [0.15, 0.2) is 29.4 Å². The zero-order chi connectivity index (χ0) is 12.7. The van der Waals surface area contributed by atoms with Crippen LogP contribution in [0.1, 0.15) is 18.1 Å². The van der Waals surface area contributed by atoms with Gasteiger partial charge in [0.25, 0.3) is 0 Å². The number of hydrogen-bond donors (Lipinski definition) is 2. The number of carbonyl (C=O) groups is 1. The maximum Gasteiger partial charge on any atom is 0.361 e. The summed E-state index contributed by atoms with van der Waals surface area (Å²) in [6, 6.07) is 7.15. The van der Waals surface area contributed by atoms with Gasteiger partial charge in [-0.25, -0.2) is 4.79 Å². The Labute approximate surface area is 99.9 Å². The van der Waals surface area contributed by atoms with Crippen LogP contribution in [0.2, 0.25) is 0 Å². The highest BCUT2D eigenvalue weighted by Crippen LogP contribution is 2.11. The second-order valence-electron chi connectivity index (χ2n) is 3.36. The van der Waals surface area contributed by atoms with Gasteiger partial charge in [-0.1, -0.05) is 29.4 Å². The number of ether oxygens (including phenoxy) is 1. The Morgan fingerprint density at radius 1 is 1.47 bits per heavy atom. The van der Waals surface area contributed by atoms with Gasteiger partial charge >= 0.3 is 5.97 Å². The Bertz CT molecular complexity index is 416. The molecule has 0 aliphatic rings. The number of benzene rings is 1. The van der Waals surface area contributed by atoms with Crippen LogP contribution in [-0.2, 0) is 16.0 Å². The summed E-state index contributed by atoms with van der Waals surface area (Å²) in [6.45, 7) is 2.38. The minimum Gasteiger partial charge on any atom is -0.461 e. The molecule has 0 radical (unpaired) electrons. The summed E-state index contributed by atoms with van der Waals surface area (Å²) in [5.74, 6) is -0.639. The van der Waals surface area contributed by atoms with Crippen molar-refractivity contribution in [3.8, 4) is 0 Å².